The maximum absolute atomic E-state index is 11.6. The van der Waals surface area contributed by atoms with Crippen molar-refractivity contribution in [2.75, 3.05) is 11.4 Å². The Labute approximate surface area is 121 Å². The van der Waals surface area contributed by atoms with Crippen LogP contribution in [0.1, 0.15) is 26.2 Å². The van der Waals surface area contributed by atoms with Gasteiger partial charge in [0.25, 0.3) is 0 Å². The monoisotopic (exact) mass is 288 g/mol. The molecule has 1 saturated heterocycles. The van der Waals surface area contributed by atoms with Crippen LogP contribution in [-0.2, 0) is 0 Å². The van der Waals surface area contributed by atoms with Gasteiger partial charge in [-0.25, -0.2) is 15.0 Å². The van der Waals surface area contributed by atoms with Crippen LogP contribution in [-0.4, -0.2) is 37.0 Å². The molecule has 0 radical (unpaired) electrons. The van der Waals surface area contributed by atoms with Crippen LogP contribution in [0.2, 0.25) is 0 Å². The van der Waals surface area contributed by atoms with E-state index in [1.807, 2.05) is 4.90 Å². The average Bonchev–Trinajstić information content (AvgIpc) is 3.01. The molecule has 3 heterocycles. The third kappa shape index (κ3) is 2.44. The van der Waals surface area contributed by atoms with Crippen molar-refractivity contribution < 1.29 is 4.92 Å². The second-order valence-electron chi connectivity index (χ2n) is 5.13. The van der Waals surface area contributed by atoms with Crippen LogP contribution in [0, 0.1) is 10.1 Å². The number of anilines is 1. The molecular formula is C13H16N6O2. The van der Waals surface area contributed by atoms with Crippen LogP contribution >= 0.6 is 0 Å². The lowest BCUT2D eigenvalue weighted by Gasteiger charge is -2.33. The molecule has 8 heteroatoms. The Balaban J connectivity index is 2.12. The lowest BCUT2D eigenvalue weighted by molar-refractivity contribution is -0.384. The SMILES string of the molecule is CC1CCCCN1c1ncnc(-n2ccnc2)c1[N+](=O)[O-]. The van der Waals surface area contributed by atoms with Gasteiger partial charge in [-0.15, -0.1) is 0 Å². The second-order valence-corrected chi connectivity index (χ2v) is 5.13. The molecule has 2 aromatic rings. The van der Waals surface area contributed by atoms with E-state index in [9.17, 15) is 10.1 Å². The zero-order chi connectivity index (χ0) is 14.8. The number of hydrogen-bond donors (Lipinski definition) is 0. The fourth-order valence-corrected chi connectivity index (χ4v) is 2.72. The molecule has 0 aliphatic carbocycles. The number of aromatic nitrogens is 4. The molecule has 0 amide bonds. The Morgan fingerprint density at radius 2 is 2.14 bits per heavy atom. The highest BCUT2D eigenvalue weighted by Gasteiger charge is 2.31. The Morgan fingerprint density at radius 1 is 1.33 bits per heavy atom. The van der Waals surface area contributed by atoms with Crippen molar-refractivity contribution in [2.24, 2.45) is 0 Å². The van der Waals surface area contributed by atoms with Crippen LogP contribution in [0.4, 0.5) is 11.5 Å². The summed E-state index contributed by atoms with van der Waals surface area (Å²) in [6, 6.07) is 0.239. The molecule has 1 atom stereocenters. The van der Waals surface area contributed by atoms with Gasteiger partial charge in [0.05, 0.1) is 4.92 Å². The Kier molecular flexibility index (Phi) is 3.51. The summed E-state index contributed by atoms with van der Waals surface area (Å²) in [4.78, 5) is 25.3. The number of nitro groups is 1. The quantitative estimate of drug-likeness (QED) is 0.633. The minimum atomic E-state index is -0.411. The minimum absolute atomic E-state index is 0.0655. The summed E-state index contributed by atoms with van der Waals surface area (Å²) >= 11 is 0. The Bertz CT molecular complexity index is 642. The number of rotatable bonds is 3. The summed E-state index contributed by atoms with van der Waals surface area (Å²) in [5.74, 6) is 0.645. The van der Waals surface area contributed by atoms with Crippen LogP contribution < -0.4 is 4.90 Å². The van der Waals surface area contributed by atoms with Crippen molar-refractivity contribution in [3.05, 3.63) is 35.2 Å². The van der Waals surface area contributed by atoms with E-state index in [0.29, 0.717) is 5.82 Å². The predicted octanol–water partition coefficient (Wildman–Crippen LogP) is 1.95. The molecule has 1 aliphatic rings. The van der Waals surface area contributed by atoms with E-state index in [2.05, 4.69) is 21.9 Å². The largest absolute Gasteiger partial charge is 0.354 e. The molecule has 0 N–H and O–H groups in total. The van der Waals surface area contributed by atoms with E-state index in [4.69, 9.17) is 0 Å². The first kappa shape index (κ1) is 13.5. The average molecular weight is 288 g/mol. The maximum Gasteiger partial charge on any atom is 0.354 e. The molecule has 0 bridgehead atoms. The van der Waals surface area contributed by atoms with Gasteiger partial charge in [-0.2, -0.15) is 0 Å². The van der Waals surface area contributed by atoms with E-state index in [-0.39, 0.29) is 17.5 Å². The fraction of sp³-hybridized carbons (Fsp3) is 0.462. The summed E-state index contributed by atoms with van der Waals surface area (Å²) < 4.78 is 1.54. The first-order chi connectivity index (χ1) is 10.2. The van der Waals surface area contributed by atoms with E-state index in [0.717, 1.165) is 25.8 Å². The lowest BCUT2D eigenvalue weighted by Crippen LogP contribution is -2.38. The first-order valence-electron chi connectivity index (χ1n) is 6.93. The summed E-state index contributed by atoms with van der Waals surface area (Å²) in [6.07, 6.45) is 9.25. The van der Waals surface area contributed by atoms with Crippen molar-refractivity contribution in [1.29, 1.82) is 0 Å². The Hall–Kier alpha value is -2.51. The molecule has 8 nitrogen and oxygen atoms in total. The van der Waals surface area contributed by atoms with E-state index >= 15 is 0 Å². The van der Waals surface area contributed by atoms with Gasteiger partial charge >= 0.3 is 5.69 Å². The van der Waals surface area contributed by atoms with Crippen molar-refractivity contribution >= 4 is 11.5 Å². The van der Waals surface area contributed by atoms with Crippen molar-refractivity contribution in [3.8, 4) is 5.82 Å². The van der Waals surface area contributed by atoms with Crippen LogP contribution in [0.5, 0.6) is 0 Å². The van der Waals surface area contributed by atoms with Gasteiger partial charge in [0.1, 0.15) is 12.7 Å². The minimum Gasteiger partial charge on any atom is -0.348 e. The zero-order valence-electron chi connectivity index (χ0n) is 11.7. The van der Waals surface area contributed by atoms with Gasteiger partial charge in [-0.05, 0) is 26.2 Å². The van der Waals surface area contributed by atoms with Crippen LogP contribution in [0.15, 0.2) is 25.0 Å². The van der Waals surface area contributed by atoms with Gasteiger partial charge in [-0.3, -0.25) is 14.7 Å². The third-order valence-electron chi connectivity index (χ3n) is 3.79. The fourth-order valence-electron chi connectivity index (χ4n) is 2.72. The van der Waals surface area contributed by atoms with Crippen molar-refractivity contribution in [1.82, 2.24) is 19.5 Å². The molecule has 110 valence electrons. The number of nitrogens with zero attached hydrogens (tertiary/aromatic N) is 6. The normalized spacial score (nSPS) is 18.7. The highest BCUT2D eigenvalue weighted by Crippen LogP contribution is 2.33. The molecule has 1 aliphatic heterocycles. The number of piperidine rings is 1. The van der Waals surface area contributed by atoms with E-state index < -0.39 is 4.92 Å². The maximum atomic E-state index is 11.6. The highest BCUT2D eigenvalue weighted by atomic mass is 16.6. The number of imidazole rings is 1. The summed E-state index contributed by atoms with van der Waals surface area (Å²) in [5.41, 5.74) is -0.0655. The molecular weight excluding hydrogens is 272 g/mol. The molecule has 1 fully saturated rings. The predicted molar refractivity (Wildman–Crippen MR) is 76.5 cm³/mol. The lowest BCUT2D eigenvalue weighted by atomic mass is 10.0. The molecule has 0 aromatic carbocycles. The first-order valence-corrected chi connectivity index (χ1v) is 6.93. The van der Waals surface area contributed by atoms with E-state index in [1.165, 1.54) is 17.2 Å². The number of hydrogen-bond acceptors (Lipinski definition) is 6. The third-order valence-corrected chi connectivity index (χ3v) is 3.79. The summed E-state index contributed by atoms with van der Waals surface area (Å²) in [7, 11) is 0. The van der Waals surface area contributed by atoms with Gasteiger partial charge < -0.3 is 4.90 Å². The van der Waals surface area contributed by atoms with Crippen LogP contribution in [0.25, 0.3) is 5.82 Å². The van der Waals surface area contributed by atoms with Crippen molar-refractivity contribution in [2.45, 2.75) is 32.2 Å². The van der Waals surface area contributed by atoms with Crippen LogP contribution in [0.3, 0.4) is 0 Å². The molecule has 3 rings (SSSR count). The molecule has 2 aromatic heterocycles. The summed E-state index contributed by atoms with van der Waals surface area (Å²) in [5, 5.41) is 11.6. The molecule has 1 unspecified atom stereocenters. The zero-order valence-corrected chi connectivity index (χ0v) is 11.7. The second kappa shape index (κ2) is 5.47. The van der Waals surface area contributed by atoms with Gasteiger partial charge in [-0.1, -0.05) is 0 Å². The van der Waals surface area contributed by atoms with Gasteiger partial charge in [0.15, 0.2) is 0 Å². The molecule has 0 saturated carbocycles. The highest BCUT2D eigenvalue weighted by molar-refractivity contribution is 5.65. The van der Waals surface area contributed by atoms with Crippen molar-refractivity contribution in [3.63, 3.8) is 0 Å². The smallest absolute Gasteiger partial charge is 0.348 e. The standard InChI is InChI=1S/C13H16N6O2/c1-10-4-2-3-6-18(10)13-11(19(20)21)12(15-8-16-13)17-7-5-14-9-17/h5,7-10H,2-4,6H2,1H3. The molecule has 0 spiro atoms. The van der Waals surface area contributed by atoms with E-state index in [1.54, 1.807) is 12.4 Å². The topological polar surface area (TPSA) is 90.0 Å². The van der Waals surface area contributed by atoms with Gasteiger partial charge in [0.2, 0.25) is 11.6 Å². The van der Waals surface area contributed by atoms with Gasteiger partial charge in [0, 0.05) is 25.0 Å². The summed E-state index contributed by atoms with van der Waals surface area (Å²) in [6.45, 7) is 2.85. The Morgan fingerprint density at radius 3 is 2.81 bits per heavy atom. The molecule has 21 heavy (non-hydrogen) atoms.